The first-order chi connectivity index (χ1) is 23.0. The number of hydrogen-bond donors (Lipinski definition) is 1. The molecule has 0 spiro atoms. The average molecular weight is 596 g/mol. The number of phenols is 1. The van der Waals surface area contributed by atoms with Crippen LogP contribution in [0.1, 0.15) is 5.56 Å². The number of aromatic hydroxyl groups is 1. The average Bonchev–Trinajstić information content (AvgIpc) is 3.50. The lowest BCUT2D eigenvalue weighted by atomic mass is 9.71. The number of phenolic OH excluding ortho intramolecular Hbond substituents is 1. The molecule has 216 valence electrons. The molecule has 2 nitrogen and oxygen atoms in total. The summed E-state index contributed by atoms with van der Waals surface area (Å²) in [6, 6.07) is 46.0. The van der Waals surface area contributed by atoms with E-state index in [1.807, 2.05) is 49.4 Å². The Bertz CT molecular complexity index is 2670. The maximum absolute atomic E-state index is 11.3. The molecule has 1 N–H and O–H groups in total. The lowest BCUT2D eigenvalue weighted by Crippen LogP contribution is -2.22. The van der Waals surface area contributed by atoms with E-state index in [0.717, 1.165) is 87.6 Å². The molecule has 0 bridgehead atoms. The largest absolute Gasteiger partial charge is 0.508 e. The molecule has 1 aromatic heterocycles. The van der Waals surface area contributed by atoms with Gasteiger partial charge in [0.25, 0.3) is 0 Å². The lowest BCUT2D eigenvalue weighted by Gasteiger charge is -2.25. The van der Waals surface area contributed by atoms with E-state index >= 15 is 0 Å². The third kappa shape index (κ3) is 4.01. The molecule has 0 amide bonds. The van der Waals surface area contributed by atoms with Crippen LogP contribution in [0.4, 0.5) is 0 Å². The van der Waals surface area contributed by atoms with Crippen LogP contribution >= 0.6 is 0 Å². The topological polar surface area (TPSA) is 33.4 Å². The second kappa shape index (κ2) is 10.4. The van der Waals surface area contributed by atoms with Crippen molar-refractivity contribution in [2.24, 2.45) is 0 Å². The molecule has 47 heavy (non-hydrogen) atoms. The minimum Gasteiger partial charge on any atom is -0.508 e. The van der Waals surface area contributed by atoms with Gasteiger partial charge in [-0.05, 0) is 96.5 Å². The minimum absolute atomic E-state index is 0.0114. The van der Waals surface area contributed by atoms with E-state index in [9.17, 15) is 5.11 Å². The summed E-state index contributed by atoms with van der Waals surface area (Å²) in [5.41, 5.74) is 8.74. The van der Waals surface area contributed by atoms with Crippen LogP contribution in [-0.2, 0) is 0 Å². The Hall–Kier alpha value is -5.73. The fraction of sp³-hybridized carbons (Fsp3) is 0.0233. The molecule has 0 aliphatic heterocycles. The fourth-order valence-corrected chi connectivity index (χ4v) is 7.44. The van der Waals surface area contributed by atoms with Gasteiger partial charge in [-0.2, -0.15) is 0 Å². The molecule has 0 fully saturated rings. The van der Waals surface area contributed by atoms with E-state index in [-0.39, 0.29) is 5.75 Å². The predicted molar refractivity (Wildman–Crippen MR) is 200 cm³/mol. The smallest absolute Gasteiger partial charge is 0.143 e. The lowest BCUT2D eigenvalue weighted by molar-refractivity contribution is 0.476. The summed E-state index contributed by atoms with van der Waals surface area (Å²) in [6.07, 6.45) is 0. The molecular formula is C43H26B2O2. The third-order valence-corrected chi connectivity index (χ3v) is 9.70. The summed E-state index contributed by atoms with van der Waals surface area (Å²) in [5, 5.41) is 19.9. The van der Waals surface area contributed by atoms with Crippen molar-refractivity contribution in [1.29, 1.82) is 0 Å². The van der Waals surface area contributed by atoms with Gasteiger partial charge in [-0.25, -0.2) is 0 Å². The van der Waals surface area contributed by atoms with E-state index in [4.69, 9.17) is 20.1 Å². The highest BCUT2D eigenvalue weighted by Crippen LogP contribution is 2.47. The van der Waals surface area contributed by atoms with Crippen molar-refractivity contribution in [3.63, 3.8) is 0 Å². The highest BCUT2D eigenvalue weighted by molar-refractivity contribution is 6.46. The number of rotatable bonds is 3. The predicted octanol–water partition coefficient (Wildman–Crippen LogP) is 9.65. The van der Waals surface area contributed by atoms with Crippen LogP contribution in [0.25, 0.3) is 87.6 Å². The first kappa shape index (κ1) is 27.6. The molecule has 0 saturated carbocycles. The molecule has 0 aliphatic rings. The first-order valence-electron chi connectivity index (χ1n) is 15.8. The maximum atomic E-state index is 11.3. The summed E-state index contributed by atoms with van der Waals surface area (Å²) in [6.45, 7) is 1.81. The summed E-state index contributed by atoms with van der Waals surface area (Å²) in [5.74, 6) is 0.0114. The number of hydrogen-bond acceptors (Lipinski definition) is 2. The molecule has 8 aromatic carbocycles. The van der Waals surface area contributed by atoms with Gasteiger partial charge in [0.15, 0.2) is 0 Å². The van der Waals surface area contributed by atoms with Crippen LogP contribution in [0.15, 0.2) is 138 Å². The van der Waals surface area contributed by atoms with Gasteiger partial charge in [0, 0.05) is 16.2 Å². The molecule has 4 heteroatoms. The molecule has 9 rings (SSSR count). The van der Waals surface area contributed by atoms with Crippen molar-refractivity contribution >= 4 is 80.9 Å². The van der Waals surface area contributed by atoms with Crippen molar-refractivity contribution in [3.05, 3.63) is 139 Å². The van der Waals surface area contributed by atoms with Crippen molar-refractivity contribution < 1.29 is 9.52 Å². The SMILES string of the molecule is [B]c1c(C)c(O)c([B])c(-c2c3ccccc3c(-c3ccc4c(c3)oc3c5ccccc5ccc43)c3ccccc23)c1-c1ccccc1. The van der Waals surface area contributed by atoms with Crippen molar-refractivity contribution in [2.75, 3.05) is 0 Å². The van der Waals surface area contributed by atoms with Crippen LogP contribution in [-0.4, -0.2) is 20.8 Å². The standard InChI is InChI=1S/C43H26B2O2/c1-24-40(44)37(26-12-3-2-4-13-26)39(41(45)42(24)46)38-32-17-9-7-15-30(32)36(31-16-8-10-18-33(31)38)27-20-21-29-34-22-19-25-11-5-6-14-28(25)43(34)47-35(29)23-27/h2-23,46H,1H3. The quantitative estimate of drug-likeness (QED) is 0.163. The van der Waals surface area contributed by atoms with Gasteiger partial charge in [0.05, 0.1) is 0 Å². The van der Waals surface area contributed by atoms with Gasteiger partial charge in [-0.1, -0.05) is 121 Å². The Balaban J connectivity index is 1.39. The normalized spacial score (nSPS) is 11.8. The van der Waals surface area contributed by atoms with E-state index in [1.165, 1.54) is 0 Å². The zero-order chi connectivity index (χ0) is 31.8. The van der Waals surface area contributed by atoms with Crippen molar-refractivity contribution in [1.82, 2.24) is 0 Å². The van der Waals surface area contributed by atoms with E-state index in [0.29, 0.717) is 16.5 Å². The maximum Gasteiger partial charge on any atom is 0.143 e. The number of benzene rings is 8. The van der Waals surface area contributed by atoms with Crippen LogP contribution < -0.4 is 10.9 Å². The zero-order valence-electron chi connectivity index (χ0n) is 25.7. The fourth-order valence-electron chi connectivity index (χ4n) is 7.44. The first-order valence-corrected chi connectivity index (χ1v) is 15.8. The van der Waals surface area contributed by atoms with Crippen LogP contribution in [0.3, 0.4) is 0 Å². The Morgan fingerprint density at radius 2 is 1.04 bits per heavy atom. The summed E-state index contributed by atoms with van der Waals surface area (Å²) < 4.78 is 6.60. The number of fused-ring (bicyclic) bond motifs is 7. The van der Waals surface area contributed by atoms with E-state index in [1.54, 1.807) is 0 Å². The molecule has 4 radical (unpaired) electrons. The summed E-state index contributed by atoms with van der Waals surface area (Å²) in [7, 11) is 13.7. The van der Waals surface area contributed by atoms with Gasteiger partial charge in [-0.15, -0.1) is 0 Å². The Morgan fingerprint density at radius 1 is 0.468 bits per heavy atom. The molecule has 1 heterocycles. The molecule has 0 unspecified atom stereocenters. The molecule has 9 aromatic rings. The van der Waals surface area contributed by atoms with Gasteiger partial charge >= 0.3 is 0 Å². The number of furan rings is 1. The van der Waals surface area contributed by atoms with Crippen LogP contribution in [0, 0.1) is 6.92 Å². The molecular weight excluding hydrogens is 570 g/mol. The Labute approximate surface area is 274 Å². The highest BCUT2D eigenvalue weighted by Gasteiger charge is 2.24. The Morgan fingerprint density at radius 3 is 1.72 bits per heavy atom. The van der Waals surface area contributed by atoms with E-state index in [2.05, 4.69) is 91.0 Å². The van der Waals surface area contributed by atoms with Crippen LogP contribution in [0.2, 0.25) is 0 Å². The molecule has 0 saturated heterocycles. The van der Waals surface area contributed by atoms with Gasteiger partial charge in [0.2, 0.25) is 0 Å². The third-order valence-electron chi connectivity index (χ3n) is 9.70. The van der Waals surface area contributed by atoms with E-state index < -0.39 is 0 Å². The molecule has 0 aliphatic carbocycles. The van der Waals surface area contributed by atoms with Gasteiger partial charge < -0.3 is 9.52 Å². The van der Waals surface area contributed by atoms with Crippen molar-refractivity contribution in [2.45, 2.75) is 6.92 Å². The van der Waals surface area contributed by atoms with Gasteiger partial charge in [-0.3, -0.25) is 0 Å². The summed E-state index contributed by atoms with van der Waals surface area (Å²) in [4.78, 5) is 0. The summed E-state index contributed by atoms with van der Waals surface area (Å²) >= 11 is 0. The highest BCUT2D eigenvalue weighted by atomic mass is 16.3. The van der Waals surface area contributed by atoms with Gasteiger partial charge in [0.1, 0.15) is 32.6 Å². The Kier molecular flexibility index (Phi) is 6.10. The second-order valence-corrected chi connectivity index (χ2v) is 12.2. The monoisotopic (exact) mass is 596 g/mol. The van der Waals surface area contributed by atoms with Crippen molar-refractivity contribution in [3.8, 4) is 39.1 Å². The second-order valence-electron chi connectivity index (χ2n) is 12.2. The minimum atomic E-state index is 0.0114. The molecule has 0 atom stereocenters. The van der Waals surface area contributed by atoms with Crippen LogP contribution in [0.5, 0.6) is 5.75 Å². The zero-order valence-corrected chi connectivity index (χ0v) is 25.7.